The number of nitrogens with zero attached hydrogens (tertiary/aromatic N) is 6. The number of hydrogen-bond donors (Lipinski definition) is 1. The van der Waals surface area contributed by atoms with E-state index in [1.54, 1.807) is 25.8 Å². The van der Waals surface area contributed by atoms with Crippen molar-refractivity contribution in [2.24, 2.45) is 7.05 Å². The number of nitrogens with two attached hydrogens (primary N) is 1. The van der Waals surface area contributed by atoms with Gasteiger partial charge in [0.05, 0.1) is 36.4 Å². The van der Waals surface area contributed by atoms with Gasteiger partial charge < -0.3 is 19.6 Å². The quantitative estimate of drug-likeness (QED) is 0.415. The van der Waals surface area contributed by atoms with Crippen molar-refractivity contribution in [3.63, 3.8) is 0 Å². The third-order valence-corrected chi connectivity index (χ3v) is 5.89. The molecule has 3 aromatic heterocycles. The third-order valence-electron chi connectivity index (χ3n) is 5.89. The number of rotatable bonds is 4. The maximum atomic E-state index is 5.67. The fraction of sp³-hybridized carbons (Fsp3) is 0.231. The summed E-state index contributed by atoms with van der Waals surface area (Å²) < 4.78 is 9.87. The molecular weight excluding hydrogens is 426 g/mol. The highest BCUT2D eigenvalue weighted by atomic mass is 16.5. The van der Waals surface area contributed by atoms with Crippen molar-refractivity contribution in [1.29, 1.82) is 0 Å². The molecule has 0 amide bonds. The van der Waals surface area contributed by atoms with Gasteiger partial charge in [-0.1, -0.05) is 6.07 Å². The molecule has 5 aromatic rings. The van der Waals surface area contributed by atoms with Gasteiger partial charge in [0.1, 0.15) is 11.6 Å². The van der Waals surface area contributed by atoms with E-state index in [-0.39, 0.29) is 11.5 Å². The van der Waals surface area contributed by atoms with Crippen molar-refractivity contribution in [3.05, 3.63) is 61.3 Å². The molecule has 34 heavy (non-hydrogen) atoms. The van der Waals surface area contributed by atoms with Gasteiger partial charge in [0.2, 0.25) is 5.95 Å². The first kappa shape index (κ1) is 21.6. The number of anilines is 1. The van der Waals surface area contributed by atoms with E-state index in [2.05, 4.69) is 64.6 Å². The van der Waals surface area contributed by atoms with Gasteiger partial charge in [-0.2, -0.15) is 0 Å². The van der Waals surface area contributed by atoms with Crippen molar-refractivity contribution in [2.75, 3.05) is 12.8 Å². The average Bonchev–Trinajstić information content (AvgIpc) is 3.42. The molecule has 0 radical (unpaired) electrons. The van der Waals surface area contributed by atoms with Crippen LogP contribution in [0.3, 0.4) is 0 Å². The largest absolute Gasteiger partial charge is 0.497 e. The van der Waals surface area contributed by atoms with Gasteiger partial charge in [0.15, 0.2) is 0 Å². The summed E-state index contributed by atoms with van der Waals surface area (Å²) in [5.74, 6) is 1.89. The first-order valence-corrected chi connectivity index (χ1v) is 11.0. The molecule has 2 aromatic carbocycles. The predicted molar refractivity (Wildman–Crippen MR) is 134 cm³/mol. The van der Waals surface area contributed by atoms with Crippen LogP contribution in [0, 0.1) is 0 Å². The van der Waals surface area contributed by atoms with Crippen molar-refractivity contribution in [3.8, 4) is 39.5 Å². The number of methoxy groups -OCH3 is 1. The summed E-state index contributed by atoms with van der Waals surface area (Å²) in [6, 6.07) is 12.3. The zero-order chi connectivity index (χ0) is 24.0. The lowest BCUT2D eigenvalue weighted by atomic mass is 10.0. The number of benzene rings is 2. The van der Waals surface area contributed by atoms with Crippen LogP contribution in [-0.4, -0.2) is 36.2 Å². The SMILES string of the molecule is COc1ccc(-c2cncn2C)c(-c2nc3cc(-c4cnc(N)nc4)ccc3n2C(C)(C)C)c1. The van der Waals surface area contributed by atoms with Crippen LogP contribution in [0.15, 0.2) is 61.3 Å². The number of ether oxygens (including phenoxy) is 1. The first-order chi connectivity index (χ1) is 16.3. The Kier molecular flexibility index (Phi) is 5.08. The fourth-order valence-corrected chi connectivity index (χ4v) is 4.28. The monoisotopic (exact) mass is 453 g/mol. The molecule has 0 atom stereocenters. The van der Waals surface area contributed by atoms with E-state index < -0.39 is 0 Å². The standard InChI is InChI=1S/C26H27N7O/c1-26(2,3)33-22-9-6-16(17-12-29-25(27)30-13-17)10-21(22)31-24(33)20-11-18(34-5)7-8-19(20)23-14-28-15-32(23)4/h6-15H,1-5H3,(H2,27,29,30). The van der Waals surface area contributed by atoms with Crippen LogP contribution in [0.1, 0.15) is 20.8 Å². The molecule has 0 bridgehead atoms. The summed E-state index contributed by atoms with van der Waals surface area (Å²) in [5.41, 5.74) is 12.3. The second kappa shape index (κ2) is 7.98. The van der Waals surface area contributed by atoms with E-state index in [0.717, 1.165) is 50.6 Å². The normalized spacial score (nSPS) is 11.8. The number of aryl methyl sites for hydroxylation is 1. The van der Waals surface area contributed by atoms with E-state index in [9.17, 15) is 0 Å². The van der Waals surface area contributed by atoms with Crippen LogP contribution in [0.4, 0.5) is 5.95 Å². The number of aromatic nitrogens is 6. The zero-order valence-electron chi connectivity index (χ0n) is 19.9. The molecule has 0 saturated carbocycles. The van der Waals surface area contributed by atoms with E-state index in [4.69, 9.17) is 15.5 Å². The van der Waals surface area contributed by atoms with Crippen molar-refractivity contribution in [2.45, 2.75) is 26.3 Å². The number of nitrogen functional groups attached to an aromatic ring is 1. The van der Waals surface area contributed by atoms with Crippen LogP contribution in [0.5, 0.6) is 5.75 Å². The summed E-state index contributed by atoms with van der Waals surface area (Å²) in [7, 11) is 3.67. The minimum atomic E-state index is -0.220. The summed E-state index contributed by atoms with van der Waals surface area (Å²) >= 11 is 0. The maximum Gasteiger partial charge on any atom is 0.219 e. The molecule has 0 aliphatic heterocycles. The molecule has 3 heterocycles. The van der Waals surface area contributed by atoms with Gasteiger partial charge in [0, 0.05) is 41.7 Å². The molecule has 0 unspecified atom stereocenters. The molecule has 0 fully saturated rings. The Morgan fingerprint density at radius 2 is 1.68 bits per heavy atom. The highest BCUT2D eigenvalue weighted by molar-refractivity contribution is 5.89. The van der Waals surface area contributed by atoms with Crippen LogP contribution in [0.2, 0.25) is 0 Å². The van der Waals surface area contributed by atoms with Gasteiger partial charge in [-0.3, -0.25) is 0 Å². The maximum absolute atomic E-state index is 5.67. The Morgan fingerprint density at radius 3 is 2.32 bits per heavy atom. The van der Waals surface area contributed by atoms with E-state index >= 15 is 0 Å². The second-order valence-corrected chi connectivity index (χ2v) is 9.28. The molecule has 0 saturated heterocycles. The Bertz CT molecular complexity index is 1490. The van der Waals surface area contributed by atoms with Crippen LogP contribution in [0.25, 0.3) is 44.8 Å². The third kappa shape index (κ3) is 3.67. The van der Waals surface area contributed by atoms with Crippen molar-refractivity contribution in [1.82, 2.24) is 29.1 Å². The molecule has 172 valence electrons. The molecule has 2 N–H and O–H groups in total. The number of fused-ring (bicyclic) bond motifs is 1. The summed E-state index contributed by atoms with van der Waals surface area (Å²) in [4.78, 5) is 17.7. The molecule has 8 heteroatoms. The molecule has 5 rings (SSSR count). The number of imidazole rings is 2. The van der Waals surface area contributed by atoms with Crippen LogP contribution < -0.4 is 10.5 Å². The smallest absolute Gasteiger partial charge is 0.219 e. The van der Waals surface area contributed by atoms with Crippen molar-refractivity contribution >= 4 is 17.0 Å². The molecule has 0 aliphatic rings. The Hall–Kier alpha value is -4.20. The van der Waals surface area contributed by atoms with Gasteiger partial charge >= 0.3 is 0 Å². The highest BCUT2D eigenvalue weighted by Crippen LogP contribution is 2.39. The Morgan fingerprint density at radius 1 is 0.912 bits per heavy atom. The summed E-state index contributed by atoms with van der Waals surface area (Å²) in [6.07, 6.45) is 7.13. The Labute approximate surface area is 198 Å². The second-order valence-electron chi connectivity index (χ2n) is 9.28. The minimum Gasteiger partial charge on any atom is -0.497 e. The van der Waals surface area contributed by atoms with Crippen molar-refractivity contribution < 1.29 is 4.74 Å². The van der Waals surface area contributed by atoms with E-state index in [1.807, 2.05) is 29.9 Å². The van der Waals surface area contributed by atoms with Gasteiger partial charge in [-0.15, -0.1) is 0 Å². The fourth-order valence-electron chi connectivity index (χ4n) is 4.28. The van der Waals surface area contributed by atoms with Gasteiger partial charge in [0.25, 0.3) is 0 Å². The van der Waals surface area contributed by atoms with Gasteiger partial charge in [-0.25, -0.2) is 19.9 Å². The average molecular weight is 454 g/mol. The summed E-state index contributed by atoms with van der Waals surface area (Å²) in [5, 5.41) is 0. The first-order valence-electron chi connectivity index (χ1n) is 11.0. The lowest BCUT2D eigenvalue weighted by Gasteiger charge is -2.25. The zero-order valence-corrected chi connectivity index (χ0v) is 19.9. The molecule has 0 spiro atoms. The molecule has 0 aliphatic carbocycles. The van der Waals surface area contributed by atoms with Gasteiger partial charge in [-0.05, 0) is 56.7 Å². The van der Waals surface area contributed by atoms with E-state index in [0.29, 0.717) is 0 Å². The topological polar surface area (TPSA) is 96.7 Å². The highest BCUT2D eigenvalue weighted by Gasteiger charge is 2.25. The van der Waals surface area contributed by atoms with Crippen LogP contribution >= 0.6 is 0 Å². The number of hydrogen-bond acceptors (Lipinski definition) is 6. The lowest BCUT2D eigenvalue weighted by Crippen LogP contribution is -2.22. The summed E-state index contributed by atoms with van der Waals surface area (Å²) in [6.45, 7) is 6.55. The lowest BCUT2D eigenvalue weighted by molar-refractivity contribution is 0.410. The molecule has 8 nitrogen and oxygen atoms in total. The Balaban J connectivity index is 1.78. The predicted octanol–water partition coefficient (Wildman–Crippen LogP) is 4.91. The molecular formula is C26H27N7O. The van der Waals surface area contributed by atoms with E-state index in [1.165, 1.54) is 0 Å². The minimum absolute atomic E-state index is 0.220. The van der Waals surface area contributed by atoms with Crippen LogP contribution in [-0.2, 0) is 12.6 Å².